The molecular weight excluding hydrogens is 385 g/mol. The van der Waals surface area contributed by atoms with Crippen molar-refractivity contribution in [2.24, 2.45) is 5.92 Å². The van der Waals surface area contributed by atoms with Crippen LogP contribution in [0.5, 0.6) is 5.75 Å². The van der Waals surface area contributed by atoms with Gasteiger partial charge in [-0.2, -0.15) is 4.68 Å². The zero-order valence-electron chi connectivity index (χ0n) is 17.2. The molecule has 0 aliphatic carbocycles. The number of para-hydroxylation sites is 1. The molecule has 1 fully saturated rings. The molecule has 1 aromatic heterocycles. The lowest BCUT2D eigenvalue weighted by molar-refractivity contribution is -0.770. The molecule has 2 aromatic rings. The summed E-state index contributed by atoms with van der Waals surface area (Å²) in [6.07, 6.45) is 4.40. The number of carbonyl (C=O) groups is 2. The van der Waals surface area contributed by atoms with Crippen molar-refractivity contribution >= 4 is 18.7 Å². The Morgan fingerprint density at radius 3 is 2.93 bits per heavy atom. The molecule has 10 heteroatoms. The summed E-state index contributed by atoms with van der Waals surface area (Å²) in [5.74, 6) is 0.461. The van der Waals surface area contributed by atoms with Crippen LogP contribution in [0.4, 0.5) is 0 Å². The Bertz CT molecular complexity index is 928. The van der Waals surface area contributed by atoms with Crippen molar-refractivity contribution in [2.75, 3.05) is 13.1 Å². The number of rotatable bonds is 7. The lowest BCUT2D eigenvalue weighted by Crippen LogP contribution is -2.48. The summed E-state index contributed by atoms with van der Waals surface area (Å²) in [5.41, 5.74) is 1.30. The van der Waals surface area contributed by atoms with Crippen LogP contribution in [0.15, 0.2) is 24.5 Å². The van der Waals surface area contributed by atoms with Gasteiger partial charge in [-0.3, -0.25) is 9.59 Å². The number of Topliss-reactive ketones (excluding diaryl/α,β-unsaturated/α-hetero) is 2. The molecule has 1 atom stereocenters. The molecular formula is C20H27BN5O4+. The molecule has 3 heterocycles. The summed E-state index contributed by atoms with van der Waals surface area (Å²) < 4.78 is 7.38. The van der Waals surface area contributed by atoms with Gasteiger partial charge in [-0.05, 0) is 56.8 Å². The second kappa shape index (κ2) is 9.05. The van der Waals surface area contributed by atoms with Crippen LogP contribution in [0.25, 0.3) is 0 Å². The minimum Gasteiger partial charge on any atom is -0.535 e. The maximum atomic E-state index is 12.7. The molecule has 9 nitrogen and oxygen atoms in total. The average Bonchev–Trinajstić information content (AvgIpc) is 3.15. The van der Waals surface area contributed by atoms with Crippen molar-refractivity contribution in [3.05, 3.63) is 35.7 Å². The highest BCUT2D eigenvalue weighted by molar-refractivity contribution is 6.47. The third-order valence-electron chi connectivity index (χ3n) is 5.94. The van der Waals surface area contributed by atoms with Gasteiger partial charge in [0.05, 0.1) is 12.1 Å². The van der Waals surface area contributed by atoms with Gasteiger partial charge < -0.3 is 15.0 Å². The zero-order valence-corrected chi connectivity index (χ0v) is 17.2. The van der Waals surface area contributed by atoms with Crippen LogP contribution in [0.2, 0.25) is 5.82 Å². The van der Waals surface area contributed by atoms with Gasteiger partial charge >= 0.3 is 7.12 Å². The summed E-state index contributed by atoms with van der Waals surface area (Å²) in [5, 5.41) is 21.9. The number of nitrogens with one attached hydrogen (secondary N) is 1. The van der Waals surface area contributed by atoms with E-state index in [4.69, 9.17) is 4.65 Å². The number of hydrogen-bond donors (Lipinski definition) is 2. The van der Waals surface area contributed by atoms with Crippen molar-refractivity contribution in [3.63, 3.8) is 0 Å². The average molecular weight is 412 g/mol. The van der Waals surface area contributed by atoms with Crippen LogP contribution in [-0.4, -0.2) is 51.9 Å². The van der Waals surface area contributed by atoms with E-state index in [0.29, 0.717) is 23.7 Å². The fourth-order valence-electron chi connectivity index (χ4n) is 4.29. The first-order valence-corrected chi connectivity index (χ1v) is 10.5. The van der Waals surface area contributed by atoms with E-state index in [1.165, 1.54) is 6.92 Å². The summed E-state index contributed by atoms with van der Waals surface area (Å²) in [6.45, 7) is 4.38. The van der Waals surface area contributed by atoms with Gasteiger partial charge in [0.2, 0.25) is 0 Å². The zero-order chi connectivity index (χ0) is 21.1. The molecule has 0 spiro atoms. The Kier molecular flexibility index (Phi) is 6.24. The normalized spacial score (nSPS) is 19.3. The van der Waals surface area contributed by atoms with Crippen LogP contribution in [0.1, 0.15) is 42.1 Å². The fraction of sp³-hybridized carbons (Fsp3) is 0.550. The van der Waals surface area contributed by atoms with Gasteiger partial charge in [0, 0.05) is 12.2 Å². The minimum absolute atomic E-state index is 0.0207. The Balaban J connectivity index is 1.39. The smallest absolute Gasteiger partial charge is 0.526 e. The number of hydrogen-bond acceptors (Lipinski definition) is 7. The highest BCUT2D eigenvalue weighted by Gasteiger charge is 2.37. The van der Waals surface area contributed by atoms with E-state index in [1.807, 2.05) is 6.07 Å². The number of tetrazole rings is 1. The maximum absolute atomic E-state index is 12.7. The predicted molar refractivity (Wildman–Crippen MR) is 108 cm³/mol. The second-order valence-corrected chi connectivity index (χ2v) is 8.23. The fourth-order valence-corrected chi connectivity index (χ4v) is 4.29. The SMILES string of the molecule is CC(=O)c1cccc2c1OB(O)[C@@H](CC(=O)C[n+]1cnnn1CC1CCNCC1)C2. The largest absolute Gasteiger partial charge is 0.535 e. The number of ketones is 2. The highest BCUT2D eigenvalue weighted by atomic mass is 16.5. The molecule has 0 unspecified atom stereocenters. The first kappa shape index (κ1) is 20.7. The highest BCUT2D eigenvalue weighted by Crippen LogP contribution is 2.36. The summed E-state index contributed by atoms with van der Waals surface area (Å²) >= 11 is 0. The number of carbonyl (C=O) groups excluding carboxylic acids is 2. The lowest BCUT2D eigenvalue weighted by atomic mass is 9.64. The predicted octanol–water partition coefficient (Wildman–Crippen LogP) is 0.213. The van der Waals surface area contributed by atoms with Crippen molar-refractivity contribution in [3.8, 4) is 5.75 Å². The molecule has 0 saturated carbocycles. The Hall–Kier alpha value is -2.59. The molecule has 0 bridgehead atoms. The van der Waals surface area contributed by atoms with Gasteiger partial charge in [-0.15, -0.1) is 0 Å². The summed E-state index contributed by atoms with van der Waals surface area (Å²) in [7, 11) is -1.12. The molecule has 2 aliphatic heterocycles. The molecule has 30 heavy (non-hydrogen) atoms. The van der Waals surface area contributed by atoms with E-state index in [0.717, 1.165) is 38.0 Å². The molecule has 1 aromatic carbocycles. The molecule has 158 valence electrons. The monoisotopic (exact) mass is 412 g/mol. The molecule has 4 rings (SSSR count). The maximum Gasteiger partial charge on any atom is 0.526 e. The first-order chi connectivity index (χ1) is 14.5. The molecule has 0 amide bonds. The topological polar surface area (TPSA) is 110 Å². The van der Waals surface area contributed by atoms with Gasteiger partial charge in [0.15, 0.2) is 16.8 Å². The number of benzene rings is 1. The third-order valence-corrected chi connectivity index (χ3v) is 5.94. The van der Waals surface area contributed by atoms with E-state index in [9.17, 15) is 14.6 Å². The van der Waals surface area contributed by atoms with E-state index in [2.05, 4.69) is 15.6 Å². The minimum atomic E-state index is -1.12. The van der Waals surface area contributed by atoms with Gasteiger partial charge in [0.1, 0.15) is 17.4 Å². The number of nitrogens with zero attached hydrogens (tertiary/aromatic N) is 4. The van der Waals surface area contributed by atoms with Crippen LogP contribution in [0.3, 0.4) is 0 Å². The van der Waals surface area contributed by atoms with E-state index >= 15 is 0 Å². The standard InChI is InChI=1S/C20H27BN5O4/c1-14(27)19-4-2-3-16-9-17(21(29)30-20(16)19)10-18(28)12-25-13-23-24-26(25)11-15-5-7-22-8-6-15/h2-4,13,15,17,22,29H,5-12H2,1H3/q+1/t17-/m1/s1. The number of aromatic nitrogens is 4. The van der Waals surface area contributed by atoms with Gasteiger partial charge in [0.25, 0.3) is 6.33 Å². The number of fused-ring (bicyclic) bond motifs is 1. The van der Waals surface area contributed by atoms with E-state index < -0.39 is 7.12 Å². The molecule has 2 N–H and O–H groups in total. The Morgan fingerprint density at radius 1 is 1.37 bits per heavy atom. The van der Waals surface area contributed by atoms with Crippen LogP contribution in [-0.2, 0) is 24.3 Å². The van der Waals surface area contributed by atoms with Crippen molar-refractivity contribution in [1.29, 1.82) is 0 Å². The van der Waals surface area contributed by atoms with Crippen molar-refractivity contribution < 1.29 is 23.9 Å². The number of piperidine rings is 1. The molecule has 2 aliphatic rings. The first-order valence-electron chi connectivity index (χ1n) is 10.5. The summed E-state index contributed by atoms with van der Waals surface area (Å²) in [6, 6.07) is 5.36. The second-order valence-electron chi connectivity index (χ2n) is 8.23. The van der Waals surface area contributed by atoms with Gasteiger partial charge in [-0.1, -0.05) is 16.9 Å². The molecule has 0 radical (unpaired) electrons. The van der Waals surface area contributed by atoms with E-state index in [1.54, 1.807) is 27.9 Å². The third kappa shape index (κ3) is 4.60. The Labute approximate surface area is 175 Å². The lowest BCUT2D eigenvalue weighted by Gasteiger charge is -2.28. The van der Waals surface area contributed by atoms with E-state index in [-0.39, 0.29) is 30.3 Å². The Morgan fingerprint density at radius 2 is 2.17 bits per heavy atom. The van der Waals surface area contributed by atoms with Gasteiger partial charge in [-0.25, -0.2) is 0 Å². The van der Waals surface area contributed by atoms with Crippen molar-refractivity contribution in [1.82, 2.24) is 20.4 Å². The van der Waals surface area contributed by atoms with Crippen LogP contribution < -0.4 is 14.7 Å². The summed E-state index contributed by atoms with van der Waals surface area (Å²) in [4.78, 5) is 26.3. The van der Waals surface area contributed by atoms with Crippen LogP contribution >= 0.6 is 0 Å². The molecule has 1 saturated heterocycles. The van der Waals surface area contributed by atoms with Crippen molar-refractivity contribution in [2.45, 2.75) is 51.5 Å². The van der Waals surface area contributed by atoms with Crippen LogP contribution in [0, 0.1) is 5.92 Å². The quantitative estimate of drug-likeness (QED) is 0.380.